The van der Waals surface area contributed by atoms with Crippen molar-refractivity contribution in [3.05, 3.63) is 29.3 Å². The summed E-state index contributed by atoms with van der Waals surface area (Å²) in [5, 5.41) is 7.50. The van der Waals surface area contributed by atoms with Crippen LogP contribution in [0.2, 0.25) is 0 Å². The van der Waals surface area contributed by atoms with Gasteiger partial charge in [-0.25, -0.2) is 17.8 Å². The monoisotopic (exact) mass is 350 g/mol. The minimum atomic E-state index is -3.92. The van der Waals surface area contributed by atoms with Gasteiger partial charge in [0.15, 0.2) is 5.52 Å². The number of allylic oxidation sites excluding steroid dienone is 1. The van der Waals surface area contributed by atoms with Gasteiger partial charge in [-0.2, -0.15) is 0 Å². The van der Waals surface area contributed by atoms with Gasteiger partial charge in [-0.05, 0) is 48.1 Å². The number of carbonyl (C=O) groups excluding carboxylic acids is 1. The van der Waals surface area contributed by atoms with E-state index in [4.69, 9.17) is 10.4 Å². The number of hydrogen-bond donors (Lipinski definition) is 2. The van der Waals surface area contributed by atoms with Crippen molar-refractivity contribution in [1.82, 2.24) is 15.0 Å². The third kappa shape index (κ3) is 2.80. The Morgan fingerprint density at radius 1 is 1.21 bits per heavy atom. The maximum Gasteiger partial charge on any atom is 0.243 e. The molecule has 1 amide bonds. The molecule has 1 heterocycles. The minimum Gasteiger partial charge on any atom is -0.369 e. The summed E-state index contributed by atoms with van der Waals surface area (Å²) in [5.41, 5.74) is 7.28. The normalized spacial score (nSPS) is 21.2. The zero-order valence-corrected chi connectivity index (χ0v) is 14.1. The van der Waals surface area contributed by atoms with Crippen molar-refractivity contribution in [2.45, 2.75) is 37.6 Å². The van der Waals surface area contributed by atoms with Gasteiger partial charge in [0, 0.05) is 6.04 Å². The van der Waals surface area contributed by atoms with Gasteiger partial charge in [0.05, 0.1) is 5.92 Å². The molecular formula is C15H18N4O4S. The Balaban J connectivity index is 2.04. The molecule has 0 radical (unpaired) electrons. The number of aryl methyl sites for hydroxylation is 2. The second-order valence-corrected chi connectivity index (χ2v) is 7.63. The van der Waals surface area contributed by atoms with E-state index < -0.39 is 27.9 Å². The molecule has 0 saturated carbocycles. The highest BCUT2D eigenvalue weighted by atomic mass is 32.2. The quantitative estimate of drug-likeness (QED) is 0.790. The Labute approximate surface area is 139 Å². The molecule has 0 aliphatic heterocycles. The molecule has 1 aliphatic carbocycles. The van der Waals surface area contributed by atoms with E-state index in [0.29, 0.717) is 23.9 Å². The van der Waals surface area contributed by atoms with Crippen LogP contribution < -0.4 is 10.5 Å². The summed E-state index contributed by atoms with van der Waals surface area (Å²) < 4.78 is 33.1. The first-order valence-corrected chi connectivity index (χ1v) is 8.98. The topological polar surface area (TPSA) is 128 Å². The summed E-state index contributed by atoms with van der Waals surface area (Å²) in [6.45, 7) is 3.49. The Bertz CT molecular complexity index is 932. The van der Waals surface area contributed by atoms with E-state index in [9.17, 15) is 13.2 Å². The number of benzene rings is 1. The second kappa shape index (κ2) is 5.99. The minimum absolute atomic E-state index is 0.0159. The molecule has 9 heteroatoms. The maximum absolute atomic E-state index is 12.9. The van der Waals surface area contributed by atoms with Crippen molar-refractivity contribution in [3.63, 3.8) is 0 Å². The summed E-state index contributed by atoms with van der Waals surface area (Å²) in [5.74, 6) is -1.11. The standard InChI is InChI=1S/C15H18N4O4S/c1-8-7-9(2)14(13-12(8)17-23-18-13)24(21,22)19-11-6-4-3-5-10(11)15(16)20/h3-4,7,10-11,19H,5-6H2,1-2H3,(H2,16,20)/t10-,11-/m1/s1. The predicted molar refractivity (Wildman–Crippen MR) is 86.4 cm³/mol. The second-order valence-electron chi connectivity index (χ2n) is 5.98. The zero-order valence-electron chi connectivity index (χ0n) is 13.3. The van der Waals surface area contributed by atoms with E-state index in [2.05, 4.69) is 15.0 Å². The largest absolute Gasteiger partial charge is 0.369 e. The van der Waals surface area contributed by atoms with Gasteiger partial charge in [-0.1, -0.05) is 18.2 Å². The van der Waals surface area contributed by atoms with Crippen LogP contribution in [0.1, 0.15) is 24.0 Å². The van der Waals surface area contributed by atoms with Gasteiger partial charge in [0.25, 0.3) is 0 Å². The molecule has 2 aromatic rings. The molecule has 1 aromatic heterocycles. The van der Waals surface area contributed by atoms with E-state index in [1.54, 1.807) is 19.9 Å². The van der Waals surface area contributed by atoms with Gasteiger partial charge in [-0.15, -0.1) is 0 Å². The van der Waals surface area contributed by atoms with Crippen LogP contribution in [0.5, 0.6) is 0 Å². The highest BCUT2D eigenvalue weighted by Crippen LogP contribution is 2.28. The number of hydrogen-bond acceptors (Lipinski definition) is 6. The first-order chi connectivity index (χ1) is 11.3. The van der Waals surface area contributed by atoms with Gasteiger partial charge in [0.1, 0.15) is 10.4 Å². The molecule has 24 heavy (non-hydrogen) atoms. The van der Waals surface area contributed by atoms with Gasteiger partial charge < -0.3 is 5.73 Å². The van der Waals surface area contributed by atoms with Crippen molar-refractivity contribution in [2.75, 3.05) is 0 Å². The lowest BCUT2D eigenvalue weighted by Crippen LogP contribution is -2.46. The number of sulfonamides is 1. The first kappa shape index (κ1) is 16.6. The number of nitrogens with two attached hydrogens (primary N) is 1. The van der Waals surface area contributed by atoms with Gasteiger partial charge in [-0.3, -0.25) is 4.79 Å². The molecule has 0 saturated heterocycles. The third-order valence-electron chi connectivity index (χ3n) is 4.24. The molecule has 0 spiro atoms. The lowest BCUT2D eigenvalue weighted by atomic mass is 9.89. The fraction of sp³-hybridized carbons (Fsp3) is 0.400. The van der Waals surface area contributed by atoms with Crippen LogP contribution in [0.4, 0.5) is 0 Å². The third-order valence-corrected chi connectivity index (χ3v) is 5.91. The van der Waals surface area contributed by atoms with Crippen LogP contribution in [0.25, 0.3) is 11.0 Å². The predicted octanol–water partition coefficient (Wildman–Crippen LogP) is 0.938. The number of fused-ring (bicyclic) bond motifs is 1. The Hall–Kier alpha value is -2.26. The van der Waals surface area contributed by atoms with E-state index in [1.807, 2.05) is 12.2 Å². The van der Waals surface area contributed by atoms with Crippen molar-refractivity contribution < 1.29 is 17.8 Å². The summed E-state index contributed by atoms with van der Waals surface area (Å²) in [6, 6.07) is 1.13. The van der Waals surface area contributed by atoms with Crippen molar-refractivity contribution in [3.8, 4) is 0 Å². The summed E-state index contributed by atoms with van der Waals surface area (Å²) in [6.07, 6.45) is 4.48. The van der Waals surface area contributed by atoms with Crippen LogP contribution in [0, 0.1) is 19.8 Å². The lowest BCUT2D eigenvalue weighted by molar-refractivity contribution is -0.122. The smallest absolute Gasteiger partial charge is 0.243 e. The summed E-state index contributed by atoms with van der Waals surface area (Å²) >= 11 is 0. The van der Waals surface area contributed by atoms with Gasteiger partial charge in [0.2, 0.25) is 15.9 Å². The number of nitrogens with zero attached hydrogens (tertiary/aromatic N) is 2. The van der Waals surface area contributed by atoms with Crippen LogP contribution >= 0.6 is 0 Å². The molecule has 1 aromatic carbocycles. The van der Waals surface area contributed by atoms with Crippen molar-refractivity contribution >= 4 is 27.0 Å². The lowest BCUT2D eigenvalue weighted by Gasteiger charge is -2.27. The van der Waals surface area contributed by atoms with E-state index in [0.717, 1.165) is 5.56 Å². The molecule has 1 aliphatic rings. The number of rotatable bonds is 4. The fourth-order valence-corrected chi connectivity index (χ4v) is 4.75. The van der Waals surface area contributed by atoms with Crippen LogP contribution in [0.15, 0.2) is 27.7 Å². The SMILES string of the molecule is Cc1cc(C)c2nonc2c1S(=O)(=O)N[C@@H]1CC=CC[C@H]1C(N)=O. The summed E-state index contributed by atoms with van der Waals surface area (Å²) in [7, 11) is -3.92. The van der Waals surface area contributed by atoms with Crippen molar-refractivity contribution in [1.29, 1.82) is 0 Å². The maximum atomic E-state index is 12.9. The average molecular weight is 350 g/mol. The highest BCUT2D eigenvalue weighted by molar-refractivity contribution is 7.89. The van der Waals surface area contributed by atoms with E-state index >= 15 is 0 Å². The molecule has 128 valence electrons. The molecule has 0 fully saturated rings. The van der Waals surface area contributed by atoms with Crippen LogP contribution in [-0.2, 0) is 14.8 Å². The number of aromatic nitrogens is 2. The van der Waals surface area contributed by atoms with Crippen LogP contribution in [-0.4, -0.2) is 30.7 Å². The Morgan fingerprint density at radius 2 is 1.88 bits per heavy atom. The molecule has 3 rings (SSSR count). The molecule has 8 nitrogen and oxygen atoms in total. The Morgan fingerprint density at radius 3 is 2.58 bits per heavy atom. The zero-order chi connectivity index (χ0) is 17.5. The molecule has 2 atom stereocenters. The van der Waals surface area contributed by atoms with Gasteiger partial charge >= 0.3 is 0 Å². The molecular weight excluding hydrogens is 332 g/mol. The highest BCUT2D eigenvalue weighted by Gasteiger charge is 2.33. The summed E-state index contributed by atoms with van der Waals surface area (Å²) in [4.78, 5) is 11.6. The first-order valence-electron chi connectivity index (χ1n) is 7.50. The average Bonchev–Trinajstić information content (AvgIpc) is 2.96. The Kier molecular flexibility index (Phi) is 4.14. The van der Waals surface area contributed by atoms with Crippen LogP contribution in [0.3, 0.4) is 0 Å². The van der Waals surface area contributed by atoms with E-state index in [1.165, 1.54) is 0 Å². The molecule has 3 N–H and O–H groups in total. The van der Waals surface area contributed by atoms with Crippen molar-refractivity contribution in [2.24, 2.45) is 11.7 Å². The number of nitrogens with one attached hydrogen (secondary N) is 1. The number of amides is 1. The fourth-order valence-electron chi connectivity index (χ4n) is 3.10. The number of carbonyl (C=O) groups is 1. The molecule has 0 unspecified atom stereocenters. The van der Waals surface area contributed by atoms with E-state index in [-0.39, 0.29) is 10.4 Å². The molecule has 0 bridgehead atoms. The number of primary amides is 1.